The Morgan fingerprint density at radius 3 is 2.56 bits per heavy atom. The van der Waals surface area contributed by atoms with E-state index in [0.29, 0.717) is 0 Å². The van der Waals surface area contributed by atoms with Crippen LogP contribution in [0.1, 0.15) is 13.8 Å². The Bertz CT molecular complexity index is 385. The molecule has 1 N–H and O–H groups in total. The minimum Gasteiger partial charge on any atom is -0.353 e. The van der Waals surface area contributed by atoms with Crippen LogP contribution in [0.2, 0.25) is 0 Å². The number of hydrogen-bond acceptors (Lipinski definition) is 3. The zero-order valence-corrected chi connectivity index (χ0v) is 11.0. The third-order valence-corrected chi connectivity index (χ3v) is 2.95. The van der Waals surface area contributed by atoms with Gasteiger partial charge in [-0.2, -0.15) is 0 Å². The molecule has 18 heavy (non-hydrogen) atoms. The first-order chi connectivity index (χ1) is 8.66. The average molecular weight is 248 g/mol. The van der Waals surface area contributed by atoms with Crippen LogP contribution in [0.3, 0.4) is 0 Å². The van der Waals surface area contributed by atoms with Crippen LogP contribution in [0.5, 0.6) is 0 Å². The number of piperazine rings is 1. The van der Waals surface area contributed by atoms with E-state index >= 15 is 0 Å². The predicted octanol–water partition coefficient (Wildman–Crippen LogP) is 1.32. The molecule has 0 spiro atoms. The van der Waals surface area contributed by atoms with Crippen molar-refractivity contribution in [2.75, 3.05) is 31.1 Å². The molecule has 1 aromatic rings. The van der Waals surface area contributed by atoms with Gasteiger partial charge >= 0.3 is 6.03 Å². The fraction of sp³-hybridized carbons (Fsp3) is 0.538. The number of rotatable bonds is 2. The summed E-state index contributed by atoms with van der Waals surface area (Å²) in [6.07, 6.45) is 1.80. The molecule has 0 aromatic carbocycles. The fourth-order valence-corrected chi connectivity index (χ4v) is 2.02. The second-order valence-corrected chi connectivity index (χ2v) is 4.77. The van der Waals surface area contributed by atoms with Crippen LogP contribution in [-0.2, 0) is 0 Å². The number of amides is 2. The van der Waals surface area contributed by atoms with Crippen molar-refractivity contribution in [3.05, 3.63) is 24.4 Å². The van der Waals surface area contributed by atoms with Crippen LogP contribution in [0.4, 0.5) is 10.6 Å². The molecule has 2 amide bonds. The van der Waals surface area contributed by atoms with E-state index in [9.17, 15) is 4.79 Å². The minimum atomic E-state index is 0.0330. The lowest BCUT2D eigenvalue weighted by Crippen LogP contribution is -2.53. The quantitative estimate of drug-likeness (QED) is 0.858. The van der Waals surface area contributed by atoms with E-state index in [1.54, 1.807) is 6.20 Å². The summed E-state index contributed by atoms with van der Waals surface area (Å²) in [6.45, 7) is 7.11. The number of carbonyl (C=O) groups is 1. The first-order valence-electron chi connectivity index (χ1n) is 6.38. The zero-order valence-electron chi connectivity index (χ0n) is 11.0. The van der Waals surface area contributed by atoms with Gasteiger partial charge in [-0.25, -0.2) is 9.78 Å². The Morgan fingerprint density at radius 1 is 1.28 bits per heavy atom. The molecule has 1 aliphatic rings. The topological polar surface area (TPSA) is 48.5 Å². The number of nitrogens with zero attached hydrogens (tertiary/aromatic N) is 3. The monoisotopic (exact) mass is 248 g/mol. The Labute approximate surface area is 108 Å². The van der Waals surface area contributed by atoms with E-state index in [0.717, 1.165) is 32.0 Å². The van der Waals surface area contributed by atoms with Gasteiger partial charge in [0, 0.05) is 38.4 Å². The normalized spacial score (nSPS) is 15.9. The SMILES string of the molecule is CC(C)NC(=O)N1CCN(c2ccccn2)CC1. The fourth-order valence-electron chi connectivity index (χ4n) is 2.02. The van der Waals surface area contributed by atoms with Gasteiger partial charge in [0.2, 0.25) is 0 Å². The van der Waals surface area contributed by atoms with Crippen molar-refractivity contribution in [1.29, 1.82) is 0 Å². The number of carbonyl (C=O) groups excluding carboxylic acids is 1. The van der Waals surface area contributed by atoms with Crippen LogP contribution < -0.4 is 10.2 Å². The summed E-state index contributed by atoms with van der Waals surface area (Å²) in [5.41, 5.74) is 0. The molecular weight excluding hydrogens is 228 g/mol. The van der Waals surface area contributed by atoms with Gasteiger partial charge in [0.1, 0.15) is 5.82 Å². The largest absolute Gasteiger partial charge is 0.353 e. The van der Waals surface area contributed by atoms with Gasteiger partial charge in [0.25, 0.3) is 0 Å². The molecule has 0 atom stereocenters. The number of anilines is 1. The Balaban J connectivity index is 1.87. The van der Waals surface area contributed by atoms with E-state index in [1.165, 1.54) is 0 Å². The highest BCUT2D eigenvalue weighted by Gasteiger charge is 2.21. The number of aromatic nitrogens is 1. The van der Waals surface area contributed by atoms with Crippen molar-refractivity contribution in [2.45, 2.75) is 19.9 Å². The molecule has 0 saturated carbocycles. The highest BCUT2D eigenvalue weighted by Crippen LogP contribution is 2.12. The number of nitrogens with one attached hydrogen (secondary N) is 1. The number of urea groups is 1. The molecule has 5 nitrogen and oxygen atoms in total. The maximum absolute atomic E-state index is 11.8. The standard InChI is InChI=1S/C13H20N4O/c1-11(2)15-13(18)17-9-7-16(8-10-17)12-5-3-4-6-14-12/h3-6,11H,7-10H2,1-2H3,(H,15,18). The van der Waals surface area contributed by atoms with E-state index in [4.69, 9.17) is 0 Å². The van der Waals surface area contributed by atoms with Crippen molar-refractivity contribution in [1.82, 2.24) is 15.2 Å². The van der Waals surface area contributed by atoms with Gasteiger partial charge in [-0.1, -0.05) is 6.07 Å². The molecule has 1 aliphatic heterocycles. The average Bonchev–Trinajstić information content (AvgIpc) is 2.39. The predicted molar refractivity (Wildman–Crippen MR) is 71.7 cm³/mol. The molecule has 1 aromatic heterocycles. The van der Waals surface area contributed by atoms with Crippen molar-refractivity contribution in [3.63, 3.8) is 0 Å². The lowest BCUT2D eigenvalue weighted by Gasteiger charge is -2.35. The van der Waals surface area contributed by atoms with Crippen LogP contribution in [0.25, 0.3) is 0 Å². The smallest absolute Gasteiger partial charge is 0.317 e. The molecule has 98 valence electrons. The Morgan fingerprint density at radius 2 is 2.00 bits per heavy atom. The third kappa shape index (κ3) is 3.12. The van der Waals surface area contributed by atoms with E-state index in [-0.39, 0.29) is 12.1 Å². The summed E-state index contributed by atoms with van der Waals surface area (Å²) in [7, 11) is 0. The molecular formula is C13H20N4O. The van der Waals surface area contributed by atoms with Gasteiger partial charge in [-0.05, 0) is 26.0 Å². The van der Waals surface area contributed by atoms with Crippen molar-refractivity contribution in [2.24, 2.45) is 0 Å². The number of hydrogen-bond donors (Lipinski definition) is 1. The highest BCUT2D eigenvalue weighted by atomic mass is 16.2. The van der Waals surface area contributed by atoms with Crippen LogP contribution in [0.15, 0.2) is 24.4 Å². The van der Waals surface area contributed by atoms with E-state index in [2.05, 4.69) is 15.2 Å². The minimum absolute atomic E-state index is 0.0330. The van der Waals surface area contributed by atoms with E-state index < -0.39 is 0 Å². The van der Waals surface area contributed by atoms with Crippen LogP contribution in [0, 0.1) is 0 Å². The van der Waals surface area contributed by atoms with Gasteiger partial charge in [0.05, 0.1) is 0 Å². The maximum atomic E-state index is 11.8. The lowest BCUT2D eigenvalue weighted by molar-refractivity contribution is 0.191. The molecule has 0 unspecified atom stereocenters. The lowest BCUT2D eigenvalue weighted by atomic mass is 10.3. The molecule has 0 radical (unpaired) electrons. The van der Waals surface area contributed by atoms with Crippen molar-refractivity contribution >= 4 is 11.8 Å². The van der Waals surface area contributed by atoms with Crippen LogP contribution in [-0.4, -0.2) is 48.1 Å². The summed E-state index contributed by atoms with van der Waals surface area (Å²) in [5, 5.41) is 2.92. The van der Waals surface area contributed by atoms with Gasteiger partial charge in [0.15, 0.2) is 0 Å². The highest BCUT2D eigenvalue weighted by molar-refractivity contribution is 5.74. The van der Waals surface area contributed by atoms with Crippen molar-refractivity contribution < 1.29 is 4.79 Å². The second kappa shape index (κ2) is 5.71. The summed E-state index contributed by atoms with van der Waals surface area (Å²) in [5.74, 6) is 0.987. The summed E-state index contributed by atoms with van der Waals surface area (Å²) < 4.78 is 0. The molecule has 2 rings (SSSR count). The van der Waals surface area contributed by atoms with Gasteiger partial charge in [-0.15, -0.1) is 0 Å². The first-order valence-corrected chi connectivity index (χ1v) is 6.38. The Hall–Kier alpha value is -1.78. The molecule has 2 heterocycles. The Kier molecular flexibility index (Phi) is 4.02. The van der Waals surface area contributed by atoms with E-state index in [1.807, 2.05) is 36.9 Å². The molecule has 1 saturated heterocycles. The van der Waals surface area contributed by atoms with Gasteiger partial charge < -0.3 is 15.1 Å². The third-order valence-electron chi connectivity index (χ3n) is 2.95. The first kappa shape index (κ1) is 12.7. The summed E-state index contributed by atoms with van der Waals surface area (Å²) in [6, 6.07) is 6.12. The van der Waals surface area contributed by atoms with Crippen LogP contribution >= 0.6 is 0 Å². The summed E-state index contributed by atoms with van der Waals surface area (Å²) in [4.78, 5) is 20.2. The second-order valence-electron chi connectivity index (χ2n) is 4.77. The molecule has 0 bridgehead atoms. The molecule has 1 fully saturated rings. The zero-order chi connectivity index (χ0) is 13.0. The van der Waals surface area contributed by atoms with Crippen molar-refractivity contribution in [3.8, 4) is 0 Å². The number of pyridine rings is 1. The summed E-state index contributed by atoms with van der Waals surface area (Å²) >= 11 is 0. The maximum Gasteiger partial charge on any atom is 0.317 e. The molecule has 0 aliphatic carbocycles. The molecule has 5 heteroatoms. The van der Waals surface area contributed by atoms with Gasteiger partial charge in [-0.3, -0.25) is 0 Å².